The maximum absolute atomic E-state index is 13.3. The molecule has 1 saturated heterocycles. The third kappa shape index (κ3) is 4.08. The molecule has 0 spiro atoms. The first kappa shape index (κ1) is 21.6. The molecule has 0 aliphatic carbocycles. The summed E-state index contributed by atoms with van der Waals surface area (Å²) in [5.41, 5.74) is 8.71. The minimum Gasteiger partial charge on any atom is -0.325 e. The zero-order valence-corrected chi connectivity index (χ0v) is 20.3. The van der Waals surface area contributed by atoms with E-state index in [0.29, 0.717) is 0 Å². The third-order valence-electron chi connectivity index (χ3n) is 8.37. The molecule has 2 amide bonds. The van der Waals surface area contributed by atoms with Crippen LogP contribution < -0.4 is 0 Å². The van der Waals surface area contributed by atoms with Crippen molar-refractivity contribution < 1.29 is 4.79 Å². The van der Waals surface area contributed by atoms with Gasteiger partial charge in [0.25, 0.3) is 0 Å². The van der Waals surface area contributed by atoms with Crippen LogP contribution in [0.4, 0.5) is 4.79 Å². The number of nitrogens with zero attached hydrogens (tertiary/aromatic N) is 5. The van der Waals surface area contributed by atoms with Gasteiger partial charge < -0.3 is 9.80 Å². The Morgan fingerprint density at radius 2 is 1.71 bits per heavy atom. The molecule has 0 N–H and O–H groups in total. The van der Waals surface area contributed by atoms with Gasteiger partial charge in [0.1, 0.15) is 5.52 Å². The highest BCUT2D eigenvalue weighted by molar-refractivity contribution is 5.79. The molecule has 34 heavy (non-hydrogen) atoms. The number of amides is 2. The number of hydrogen-bond acceptors (Lipinski definition) is 3. The Morgan fingerprint density at radius 1 is 0.853 bits per heavy atom. The van der Waals surface area contributed by atoms with Crippen LogP contribution in [0.25, 0.3) is 11.0 Å². The third-order valence-corrected chi connectivity index (χ3v) is 8.37. The van der Waals surface area contributed by atoms with Crippen molar-refractivity contribution in [3.05, 3.63) is 58.1 Å². The lowest BCUT2D eigenvalue weighted by Crippen LogP contribution is -2.48. The molecule has 0 radical (unpaired) electrons. The Balaban J connectivity index is 1.32. The van der Waals surface area contributed by atoms with Crippen molar-refractivity contribution in [2.45, 2.75) is 71.4 Å². The van der Waals surface area contributed by atoms with Crippen LogP contribution >= 0.6 is 0 Å². The van der Waals surface area contributed by atoms with Crippen LogP contribution in [0.1, 0.15) is 66.3 Å². The molecular weight excluding hydrogens is 422 g/mol. The van der Waals surface area contributed by atoms with Crippen molar-refractivity contribution in [1.29, 1.82) is 0 Å². The van der Waals surface area contributed by atoms with E-state index in [1.807, 2.05) is 0 Å². The number of carbonyl (C=O) groups excluding carboxylic acids is 1. The number of aryl methyl sites for hydroxylation is 2. The van der Waals surface area contributed by atoms with Crippen molar-refractivity contribution in [3.63, 3.8) is 0 Å². The summed E-state index contributed by atoms with van der Waals surface area (Å²) < 4.78 is 2.09. The fourth-order valence-corrected chi connectivity index (χ4v) is 6.15. The molecule has 6 aliphatic heterocycles. The minimum absolute atomic E-state index is 0.240. The first-order valence-corrected chi connectivity index (χ1v) is 13.1. The molecule has 1 aromatic heterocycles. The minimum atomic E-state index is 0.240. The van der Waals surface area contributed by atoms with Crippen molar-refractivity contribution in [1.82, 2.24) is 24.8 Å². The topological polar surface area (TPSA) is 54.3 Å². The summed E-state index contributed by atoms with van der Waals surface area (Å²) in [6, 6.07) is 11.6. The van der Waals surface area contributed by atoms with Gasteiger partial charge in [0.15, 0.2) is 0 Å². The van der Waals surface area contributed by atoms with E-state index in [2.05, 4.69) is 62.0 Å². The highest BCUT2D eigenvalue weighted by Crippen LogP contribution is 2.28. The Hall–Kier alpha value is -2.89. The van der Waals surface area contributed by atoms with E-state index in [9.17, 15) is 4.79 Å². The van der Waals surface area contributed by atoms with Crippen LogP contribution in [-0.4, -0.2) is 50.5 Å². The van der Waals surface area contributed by atoms with E-state index in [1.54, 1.807) is 0 Å². The van der Waals surface area contributed by atoms with Gasteiger partial charge in [-0.3, -0.25) is 0 Å². The van der Waals surface area contributed by atoms with E-state index in [0.717, 1.165) is 81.8 Å². The second kappa shape index (κ2) is 9.05. The fraction of sp³-hybridized carbons (Fsp3) is 0.536. The normalized spacial score (nSPS) is 20.0. The average Bonchev–Trinajstić information content (AvgIpc) is 3.28. The monoisotopic (exact) mass is 457 g/mol. The van der Waals surface area contributed by atoms with Crippen LogP contribution in [0.15, 0.2) is 30.3 Å². The number of rotatable bonds is 0. The quantitative estimate of drug-likeness (QED) is 0.472. The lowest BCUT2D eigenvalue weighted by Gasteiger charge is -2.37. The molecule has 2 aromatic carbocycles. The first-order chi connectivity index (χ1) is 16.7. The number of urea groups is 1. The van der Waals surface area contributed by atoms with Crippen LogP contribution in [0, 0.1) is 12.8 Å². The number of carbonyl (C=O) groups is 1. The summed E-state index contributed by atoms with van der Waals surface area (Å²) in [6.07, 6.45) is 9.03. The molecule has 178 valence electrons. The molecule has 0 atom stereocenters. The summed E-state index contributed by atoms with van der Waals surface area (Å²) in [5, 5.41) is 9.04. The van der Waals surface area contributed by atoms with E-state index < -0.39 is 0 Å². The van der Waals surface area contributed by atoms with Gasteiger partial charge in [0.05, 0.1) is 5.52 Å². The number of benzene rings is 2. The Labute approximate surface area is 201 Å². The molecule has 9 bridgehead atoms. The van der Waals surface area contributed by atoms with E-state index in [-0.39, 0.29) is 6.03 Å². The highest BCUT2D eigenvalue weighted by Gasteiger charge is 2.28. The smallest absolute Gasteiger partial charge is 0.320 e. The van der Waals surface area contributed by atoms with E-state index in [1.165, 1.54) is 47.1 Å². The molecule has 6 heteroatoms. The Kier molecular flexibility index (Phi) is 5.75. The van der Waals surface area contributed by atoms with E-state index in [4.69, 9.17) is 0 Å². The van der Waals surface area contributed by atoms with Crippen LogP contribution in [0.2, 0.25) is 0 Å². The van der Waals surface area contributed by atoms with Crippen LogP contribution in [0.5, 0.6) is 0 Å². The molecule has 7 heterocycles. The number of hydrogen-bond donors (Lipinski definition) is 0. The SMILES string of the molecule is Cc1c2ccc3c1nnn3CCCCCC1CCN(CC1)C(=O)N1CCc3ccc(cc3C1)C2. The zero-order chi connectivity index (χ0) is 23.1. The summed E-state index contributed by atoms with van der Waals surface area (Å²) >= 11 is 0. The molecule has 0 saturated carbocycles. The second-order valence-electron chi connectivity index (χ2n) is 10.5. The van der Waals surface area contributed by atoms with Gasteiger partial charge in [-0.1, -0.05) is 48.7 Å². The molecule has 6 nitrogen and oxygen atoms in total. The summed E-state index contributed by atoms with van der Waals surface area (Å²) in [5.74, 6) is 0.760. The lowest BCUT2D eigenvalue weighted by atomic mass is 9.91. The van der Waals surface area contributed by atoms with Gasteiger partial charge in [-0.15, -0.1) is 5.10 Å². The summed E-state index contributed by atoms with van der Waals surface area (Å²) in [6.45, 7) is 6.50. The molecular formula is C28H35N5O. The Morgan fingerprint density at radius 3 is 2.59 bits per heavy atom. The summed E-state index contributed by atoms with van der Waals surface area (Å²) in [7, 11) is 0. The zero-order valence-electron chi connectivity index (χ0n) is 20.3. The van der Waals surface area contributed by atoms with Gasteiger partial charge in [0.2, 0.25) is 0 Å². The molecule has 3 aromatic rings. The number of piperidine rings is 1. The first-order valence-electron chi connectivity index (χ1n) is 13.1. The standard InChI is InChI=1S/C28H35N5O/c1-20-24-8-9-26-27(20)29-30-33(26)13-4-2-3-5-21-10-14-31(15-11-21)28(34)32-16-12-23-7-6-22(17-24)18-25(23)19-32/h6-9,18,21H,2-5,10-17,19H2,1H3. The van der Waals surface area contributed by atoms with Crippen molar-refractivity contribution in [2.75, 3.05) is 19.6 Å². The van der Waals surface area contributed by atoms with Gasteiger partial charge in [-0.25, -0.2) is 9.48 Å². The van der Waals surface area contributed by atoms with E-state index >= 15 is 0 Å². The number of aromatic nitrogens is 3. The predicted molar refractivity (Wildman–Crippen MR) is 134 cm³/mol. The molecule has 6 aliphatic rings. The highest BCUT2D eigenvalue weighted by atomic mass is 16.2. The molecule has 0 unspecified atom stereocenters. The lowest BCUT2D eigenvalue weighted by molar-refractivity contribution is 0.126. The van der Waals surface area contributed by atoms with Gasteiger partial charge in [0, 0.05) is 32.7 Å². The van der Waals surface area contributed by atoms with Gasteiger partial charge >= 0.3 is 6.03 Å². The summed E-state index contributed by atoms with van der Waals surface area (Å²) in [4.78, 5) is 17.5. The van der Waals surface area contributed by atoms with Crippen LogP contribution in [-0.2, 0) is 25.9 Å². The largest absolute Gasteiger partial charge is 0.325 e. The second-order valence-corrected chi connectivity index (χ2v) is 10.5. The van der Waals surface area contributed by atoms with Crippen LogP contribution in [0.3, 0.4) is 0 Å². The average molecular weight is 458 g/mol. The van der Waals surface area contributed by atoms with Gasteiger partial charge in [-0.2, -0.15) is 0 Å². The van der Waals surface area contributed by atoms with Crippen molar-refractivity contribution in [3.8, 4) is 0 Å². The molecule has 1 fully saturated rings. The fourth-order valence-electron chi connectivity index (χ4n) is 6.15. The van der Waals surface area contributed by atoms with Crippen molar-refractivity contribution in [2.24, 2.45) is 5.92 Å². The Bertz CT molecular complexity index is 1210. The predicted octanol–water partition coefficient (Wildman–Crippen LogP) is 5.09. The van der Waals surface area contributed by atoms with Gasteiger partial charge in [-0.05, 0) is 78.8 Å². The maximum Gasteiger partial charge on any atom is 0.320 e. The van der Waals surface area contributed by atoms with Crippen molar-refractivity contribution >= 4 is 17.1 Å². The maximum atomic E-state index is 13.3. The molecule has 9 rings (SSSR count).